The number of hydrogen-bond acceptors (Lipinski definition) is 7. The number of fused-ring (bicyclic) bond motifs is 5. The Morgan fingerprint density at radius 2 is 2.18 bits per heavy atom. The molecular formula is C19H15ClN6OS. The maximum absolute atomic E-state index is 12.5. The summed E-state index contributed by atoms with van der Waals surface area (Å²) in [5.41, 5.74) is 2.44. The molecule has 4 heterocycles. The summed E-state index contributed by atoms with van der Waals surface area (Å²) in [6.45, 7) is 2.67. The van der Waals surface area contributed by atoms with Crippen molar-refractivity contribution in [2.45, 2.75) is 13.0 Å². The number of anilines is 3. The Kier molecular flexibility index (Phi) is 4.03. The quantitative estimate of drug-likeness (QED) is 0.459. The lowest BCUT2D eigenvalue weighted by molar-refractivity contribution is 0.0949. The first-order chi connectivity index (χ1) is 13.6. The highest BCUT2D eigenvalue weighted by atomic mass is 35.5. The molecule has 0 aliphatic carbocycles. The van der Waals surface area contributed by atoms with Crippen molar-refractivity contribution < 1.29 is 4.79 Å². The molecule has 4 aromatic rings. The normalized spacial score (nSPS) is 16.4. The minimum Gasteiger partial charge on any atom is -0.381 e. The Morgan fingerprint density at radius 1 is 1.29 bits per heavy atom. The molecule has 0 spiro atoms. The van der Waals surface area contributed by atoms with Gasteiger partial charge in [-0.3, -0.25) is 4.79 Å². The lowest BCUT2D eigenvalue weighted by Gasteiger charge is -2.10. The van der Waals surface area contributed by atoms with Gasteiger partial charge in [-0.15, -0.1) is 16.4 Å². The van der Waals surface area contributed by atoms with Crippen LogP contribution in [-0.4, -0.2) is 33.7 Å². The largest absolute Gasteiger partial charge is 0.381 e. The zero-order chi connectivity index (χ0) is 19.3. The molecule has 9 heteroatoms. The highest BCUT2D eigenvalue weighted by molar-refractivity contribution is 7.21. The van der Waals surface area contributed by atoms with Crippen LogP contribution in [0.25, 0.3) is 21.0 Å². The molecule has 28 heavy (non-hydrogen) atoms. The van der Waals surface area contributed by atoms with Gasteiger partial charge < -0.3 is 16.0 Å². The van der Waals surface area contributed by atoms with Crippen molar-refractivity contribution in [2.75, 3.05) is 17.2 Å². The molecule has 1 atom stereocenters. The van der Waals surface area contributed by atoms with Crippen LogP contribution in [0, 0.1) is 0 Å². The van der Waals surface area contributed by atoms with Crippen molar-refractivity contribution in [3.63, 3.8) is 0 Å². The van der Waals surface area contributed by atoms with Crippen LogP contribution in [0.5, 0.6) is 0 Å². The molecule has 0 saturated heterocycles. The third-order valence-electron chi connectivity index (χ3n) is 4.59. The molecule has 0 fully saturated rings. The summed E-state index contributed by atoms with van der Waals surface area (Å²) in [6, 6.07) is 9.66. The average molecular weight is 411 g/mol. The molecule has 0 saturated carbocycles. The van der Waals surface area contributed by atoms with Crippen LogP contribution in [-0.2, 0) is 0 Å². The molecule has 0 bridgehead atoms. The van der Waals surface area contributed by atoms with E-state index in [9.17, 15) is 4.79 Å². The maximum atomic E-state index is 12.5. The standard InChI is InChI=1S/C19H15ClN6OS/c1-9-7-21-17-16-11-2-5-15(24-10-6-14(20)26-22-8-10)25-12(11)3-4-13(16)28-18(17)19(27)23-9/h2-6,8-9,21H,7H2,1H3,(H,23,27)(H,24,25,26)/t9-/m1/s1. The van der Waals surface area contributed by atoms with E-state index in [-0.39, 0.29) is 11.9 Å². The second-order valence-corrected chi connectivity index (χ2v) is 8.09. The van der Waals surface area contributed by atoms with Crippen LogP contribution in [0.15, 0.2) is 36.5 Å². The van der Waals surface area contributed by atoms with Crippen molar-refractivity contribution in [1.82, 2.24) is 20.5 Å². The van der Waals surface area contributed by atoms with E-state index in [1.807, 2.05) is 31.2 Å². The first-order valence-corrected chi connectivity index (χ1v) is 9.94. The molecule has 3 aromatic heterocycles. The van der Waals surface area contributed by atoms with E-state index in [1.54, 1.807) is 12.3 Å². The van der Waals surface area contributed by atoms with Gasteiger partial charge in [0.2, 0.25) is 0 Å². The molecule has 5 rings (SSSR count). The first kappa shape index (κ1) is 17.2. The zero-order valence-electron chi connectivity index (χ0n) is 14.8. The number of carbonyl (C=O) groups excluding carboxylic acids is 1. The number of nitrogens with zero attached hydrogens (tertiary/aromatic N) is 3. The van der Waals surface area contributed by atoms with Gasteiger partial charge in [-0.25, -0.2) is 4.98 Å². The number of nitrogens with one attached hydrogen (secondary N) is 3. The van der Waals surface area contributed by atoms with Crippen molar-refractivity contribution >= 4 is 67.0 Å². The van der Waals surface area contributed by atoms with Gasteiger partial charge in [-0.1, -0.05) is 11.6 Å². The number of amides is 1. The molecule has 0 radical (unpaired) electrons. The van der Waals surface area contributed by atoms with Gasteiger partial charge >= 0.3 is 0 Å². The molecule has 7 nitrogen and oxygen atoms in total. The SMILES string of the molecule is C[C@@H]1CNc2c(sc3ccc4nc(Nc5cnnc(Cl)c5)ccc4c23)C(=O)N1. The van der Waals surface area contributed by atoms with Gasteiger partial charge in [0, 0.05) is 34.1 Å². The van der Waals surface area contributed by atoms with Crippen molar-refractivity contribution in [1.29, 1.82) is 0 Å². The summed E-state index contributed by atoms with van der Waals surface area (Å²) in [7, 11) is 0. The predicted octanol–water partition coefficient (Wildman–Crippen LogP) is 4.18. The number of halogens is 1. The van der Waals surface area contributed by atoms with Gasteiger partial charge in [0.15, 0.2) is 5.15 Å². The van der Waals surface area contributed by atoms with Gasteiger partial charge in [0.25, 0.3) is 5.91 Å². The molecule has 0 unspecified atom stereocenters. The minimum absolute atomic E-state index is 0.0323. The number of thiophene rings is 1. The summed E-state index contributed by atoms with van der Waals surface area (Å²) in [5.74, 6) is 0.645. The van der Waals surface area contributed by atoms with Crippen LogP contribution in [0.3, 0.4) is 0 Å². The lowest BCUT2D eigenvalue weighted by Crippen LogP contribution is -2.34. The fraction of sp³-hybridized carbons (Fsp3) is 0.158. The Hall–Kier alpha value is -2.97. The Morgan fingerprint density at radius 3 is 3.04 bits per heavy atom. The second-order valence-electron chi connectivity index (χ2n) is 6.66. The number of pyridine rings is 1. The monoisotopic (exact) mass is 410 g/mol. The summed E-state index contributed by atoms with van der Waals surface area (Å²) >= 11 is 7.39. The molecule has 140 valence electrons. The molecule has 1 aliphatic heterocycles. The Bertz CT molecular complexity index is 1240. The third kappa shape index (κ3) is 2.90. The lowest BCUT2D eigenvalue weighted by atomic mass is 10.1. The van der Waals surface area contributed by atoms with E-state index < -0.39 is 0 Å². The van der Waals surface area contributed by atoms with Crippen LogP contribution >= 0.6 is 22.9 Å². The molecule has 1 aromatic carbocycles. The number of carbonyl (C=O) groups is 1. The van der Waals surface area contributed by atoms with E-state index in [4.69, 9.17) is 16.6 Å². The second kappa shape index (κ2) is 6.57. The van der Waals surface area contributed by atoms with E-state index in [2.05, 4.69) is 26.1 Å². The van der Waals surface area contributed by atoms with Crippen molar-refractivity contribution in [3.8, 4) is 0 Å². The van der Waals surface area contributed by atoms with E-state index >= 15 is 0 Å². The summed E-state index contributed by atoms with van der Waals surface area (Å²) in [5, 5.41) is 19.5. The molecular weight excluding hydrogens is 396 g/mol. The Balaban J connectivity index is 1.62. The highest BCUT2D eigenvalue weighted by Gasteiger charge is 2.24. The molecule has 1 amide bonds. The van der Waals surface area contributed by atoms with E-state index in [1.165, 1.54) is 11.3 Å². The number of hydrogen-bond donors (Lipinski definition) is 3. The summed E-state index contributed by atoms with van der Waals surface area (Å²) in [6.07, 6.45) is 1.59. The van der Waals surface area contributed by atoms with Crippen LogP contribution < -0.4 is 16.0 Å². The van der Waals surface area contributed by atoms with Crippen LogP contribution in [0.1, 0.15) is 16.6 Å². The van der Waals surface area contributed by atoms with Gasteiger partial charge in [-0.05, 0) is 31.2 Å². The number of aromatic nitrogens is 3. The minimum atomic E-state index is -0.0323. The van der Waals surface area contributed by atoms with Gasteiger partial charge in [0.05, 0.1) is 23.1 Å². The van der Waals surface area contributed by atoms with E-state index in [0.717, 1.165) is 26.7 Å². The highest BCUT2D eigenvalue weighted by Crippen LogP contribution is 2.41. The van der Waals surface area contributed by atoms with E-state index in [0.29, 0.717) is 28.1 Å². The molecule has 1 aliphatic rings. The fourth-order valence-electron chi connectivity index (χ4n) is 3.35. The number of benzene rings is 1. The summed E-state index contributed by atoms with van der Waals surface area (Å²) in [4.78, 5) is 17.9. The maximum Gasteiger partial charge on any atom is 0.263 e. The fourth-order valence-corrected chi connectivity index (χ4v) is 4.61. The Labute approximate surface area is 169 Å². The topological polar surface area (TPSA) is 91.8 Å². The van der Waals surface area contributed by atoms with Crippen molar-refractivity contribution in [2.24, 2.45) is 0 Å². The van der Waals surface area contributed by atoms with Crippen LogP contribution in [0.2, 0.25) is 5.15 Å². The summed E-state index contributed by atoms with van der Waals surface area (Å²) < 4.78 is 1.06. The van der Waals surface area contributed by atoms with Crippen molar-refractivity contribution in [3.05, 3.63) is 46.6 Å². The molecule has 3 N–H and O–H groups in total. The smallest absolute Gasteiger partial charge is 0.263 e. The van der Waals surface area contributed by atoms with Gasteiger partial charge in [0.1, 0.15) is 10.7 Å². The van der Waals surface area contributed by atoms with Gasteiger partial charge in [-0.2, -0.15) is 5.10 Å². The average Bonchev–Trinajstić information content (AvgIpc) is 2.99. The zero-order valence-corrected chi connectivity index (χ0v) is 16.4. The first-order valence-electron chi connectivity index (χ1n) is 8.75. The third-order valence-corrected chi connectivity index (χ3v) is 5.93. The number of rotatable bonds is 2. The van der Waals surface area contributed by atoms with Crippen LogP contribution in [0.4, 0.5) is 17.2 Å². The predicted molar refractivity (Wildman–Crippen MR) is 113 cm³/mol.